The maximum absolute atomic E-state index is 4.93. The van der Waals surface area contributed by atoms with Gasteiger partial charge in [-0.2, -0.15) is 0 Å². The monoisotopic (exact) mass is 370 g/mol. The summed E-state index contributed by atoms with van der Waals surface area (Å²) < 4.78 is 0. The lowest BCUT2D eigenvalue weighted by atomic mass is 10.0. The molecule has 1 aromatic carbocycles. The van der Waals surface area contributed by atoms with Crippen LogP contribution in [0.4, 0.5) is 5.82 Å². The number of rotatable bonds is 6. The van der Waals surface area contributed by atoms with E-state index in [0.29, 0.717) is 0 Å². The van der Waals surface area contributed by atoms with Crippen LogP contribution >= 0.6 is 0 Å². The minimum absolute atomic E-state index is 0.753. The quantitative estimate of drug-likeness (QED) is 0.394. The predicted molar refractivity (Wildman–Crippen MR) is 123 cm³/mol. The van der Waals surface area contributed by atoms with Crippen LogP contribution in [-0.2, 0) is 0 Å². The Morgan fingerprint density at radius 2 is 1.71 bits per heavy atom. The Kier molecular flexibility index (Phi) is 7.45. The van der Waals surface area contributed by atoms with Crippen molar-refractivity contribution in [2.24, 2.45) is 4.99 Å². The Morgan fingerprint density at radius 1 is 1.04 bits per heavy atom. The highest BCUT2D eigenvalue weighted by atomic mass is 14.9. The molecule has 0 bridgehead atoms. The van der Waals surface area contributed by atoms with Gasteiger partial charge in [0.25, 0.3) is 0 Å². The first kappa shape index (κ1) is 21.3. The topological polar surface area (TPSA) is 25.2 Å². The lowest BCUT2D eigenvalue weighted by Gasteiger charge is -2.11. The summed E-state index contributed by atoms with van der Waals surface area (Å²) in [5, 5.41) is 0. The van der Waals surface area contributed by atoms with E-state index in [1.54, 1.807) is 0 Å². The number of nitrogens with zero attached hydrogens (tertiary/aromatic N) is 2. The summed E-state index contributed by atoms with van der Waals surface area (Å²) in [6.45, 7) is 16.6. The highest BCUT2D eigenvalue weighted by Crippen LogP contribution is 2.23. The molecule has 0 spiro atoms. The van der Waals surface area contributed by atoms with Gasteiger partial charge in [-0.1, -0.05) is 72.4 Å². The molecule has 2 aromatic rings. The Labute approximate surface area is 169 Å². The van der Waals surface area contributed by atoms with Gasteiger partial charge in [-0.3, -0.25) is 0 Å². The zero-order valence-electron chi connectivity index (χ0n) is 17.9. The second kappa shape index (κ2) is 9.80. The average Bonchev–Trinajstić information content (AvgIpc) is 2.64. The number of aromatic nitrogens is 1. The summed E-state index contributed by atoms with van der Waals surface area (Å²) in [7, 11) is 0. The molecule has 2 nitrogen and oxygen atoms in total. The lowest BCUT2D eigenvalue weighted by molar-refractivity contribution is 1.12. The number of benzene rings is 1. The highest BCUT2D eigenvalue weighted by Gasteiger charge is 2.10. The predicted octanol–water partition coefficient (Wildman–Crippen LogP) is 7.07. The van der Waals surface area contributed by atoms with Crippen LogP contribution in [0, 0.1) is 27.7 Å². The molecule has 0 aliphatic carbocycles. The zero-order valence-corrected chi connectivity index (χ0v) is 17.9. The normalized spacial score (nSPS) is 12.9. The van der Waals surface area contributed by atoms with Crippen molar-refractivity contribution < 1.29 is 0 Å². The molecule has 28 heavy (non-hydrogen) atoms. The number of pyridine rings is 1. The molecule has 0 fully saturated rings. The first-order valence-electron chi connectivity index (χ1n) is 9.59. The fraction of sp³-hybridized carbons (Fsp3) is 0.231. The summed E-state index contributed by atoms with van der Waals surface area (Å²) in [4.78, 5) is 9.59. The van der Waals surface area contributed by atoms with Gasteiger partial charge < -0.3 is 0 Å². The second-order valence-electron chi connectivity index (χ2n) is 7.15. The molecule has 0 amide bonds. The van der Waals surface area contributed by atoms with E-state index in [9.17, 15) is 0 Å². The molecule has 0 saturated heterocycles. The average molecular weight is 371 g/mol. The maximum atomic E-state index is 4.93. The van der Waals surface area contributed by atoms with E-state index in [-0.39, 0.29) is 0 Å². The third kappa shape index (κ3) is 5.75. The number of hydrogen-bond acceptors (Lipinski definition) is 2. The van der Waals surface area contributed by atoms with Crippen molar-refractivity contribution in [2.75, 3.05) is 0 Å². The van der Waals surface area contributed by atoms with Crippen LogP contribution in [0.1, 0.15) is 41.8 Å². The SMILES string of the molecule is C=C(/C=C/C=C(C)\C=C/C)/C(=N\c1nc(C)cc(C)c1C)c1ccc(C)cc1. The molecular formula is C26H30N2. The van der Waals surface area contributed by atoms with Crippen molar-refractivity contribution in [3.8, 4) is 0 Å². The van der Waals surface area contributed by atoms with Gasteiger partial charge in [0.15, 0.2) is 5.82 Å². The molecule has 0 aliphatic rings. The third-order valence-corrected chi connectivity index (χ3v) is 4.57. The number of hydrogen-bond donors (Lipinski definition) is 0. The first-order valence-corrected chi connectivity index (χ1v) is 9.59. The molecule has 1 aromatic heterocycles. The molecule has 144 valence electrons. The van der Waals surface area contributed by atoms with Crippen LogP contribution in [0.15, 0.2) is 83.4 Å². The van der Waals surface area contributed by atoms with E-state index in [2.05, 4.69) is 81.7 Å². The number of aliphatic imine (C=N–C) groups is 1. The van der Waals surface area contributed by atoms with Crippen LogP contribution in [-0.4, -0.2) is 10.7 Å². The molecule has 0 N–H and O–H groups in total. The fourth-order valence-corrected chi connectivity index (χ4v) is 2.84. The number of aryl methyl sites for hydroxylation is 3. The number of allylic oxidation sites excluding steroid dienone is 7. The van der Waals surface area contributed by atoms with E-state index < -0.39 is 0 Å². The summed E-state index contributed by atoms with van der Waals surface area (Å²) in [6, 6.07) is 10.5. The van der Waals surface area contributed by atoms with Crippen molar-refractivity contribution in [3.05, 3.63) is 106 Å². The standard InChI is InChI=1S/C26H30N2/c1-8-10-18(2)11-9-12-20(4)25(24-15-13-19(3)14-16-24)28-26-23(7)21(5)17-22(6)27-26/h8-17H,4H2,1-3,5-7H3/b10-8-,12-9+,18-11-,28-25+. The van der Waals surface area contributed by atoms with Gasteiger partial charge in [-0.25, -0.2) is 9.98 Å². The van der Waals surface area contributed by atoms with E-state index >= 15 is 0 Å². The van der Waals surface area contributed by atoms with Crippen LogP contribution in [0.5, 0.6) is 0 Å². The largest absolute Gasteiger partial charge is 0.234 e. The minimum atomic E-state index is 0.753. The van der Waals surface area contributed by atoms with Crippen LogP contribution < -0.4 is 0 Å². The smallest absolute Gasteiger partial charge is 0.155 e. The van der Waals surface area contributed by atoms with Gasteiger partial charge in [0, 0.05) is 11.3 Å². The Balaban J connectivity index is 2.52. The zero-order chi connectivity index (χ0) is 20.7. The van der Waals surface area contributed by atoms with E-state index in [0.717, 1.165) is 33.9 Å². The van der Waals surface area contributed by atoms with Gasteiger partial charge in [0.05, 0.1) is 5.71 Å². The third-order valence-electron chi connectivity index (χ3n) is 4.57. The van der Waals surface area contributed by atoms with Gasteiger partial charge in [0.2, 0.25) is 0 Å². The van der Waals surface area contributed by atoms with Crippen LogP contribution in [0.2, 0.25) is 0 Å². The van der Waals surface area contributed by atoms with Gasteiger partial charge >= 0.3 is 0 Å². The summed E-state index contributed by atoms with van der Waals surface area (Å²) in [5.41, 5.74) is 8.40. The van der Waals surface area contributed by atoms with Crippen molar-refractivity contribution >= 4 is 11.5 Å². The van der Waals surface area contributed by atoms with Gasteiger partial charge in [-0.15, -0.1) is 0 Å². The molecule has 0 unspecified atom stereocenters. The first-order chi connectivity index (χ1) is 13.3. The second-order valence-corrected chi connectivity index (χ2v) is 7.15. The summed E-state index contributed by atoms with van der Waals surface area (Å²) >= 11 is 0. The fourth-order valence-electron chi connectivity index (χ4n) is 2.84. The van der Waals surface area contributed by atoms with Gasteiger partial charge in [-0.05, 0) is 64.3 Å². The maximum Gasteiger partial charge on any atom is 0.155 e. The molecule has 0 aliphatic heterocycles. The molecule has 2 rings (SSSR count). The molecule has 2 heteroatoms. The van der Waals surface area contributed by atoms with Crippen molar-refractivity contribution in [1.29, 1.82) is 0 Å². The minimum Gasteiger partial charge on any atom is -0.234 e. The molecule has 0 saturated carbocycles. The van der Waals surface area contributed by atoms with E-state index in [4.69, 9.17) is 4.99 Å². The van der Waals surface area contributed by atoms with E-state index in [1.165, 1.54) is 16.7 Å². The summed E-state index contributed by atoms with van der Waals surface area (Å²) in [6.07, 6.45) is 10.2. The highest BCUT2D eigenvalue weighted by molar-refractivity contribution is 6.15. The summed E-state index contributed by atoms with van der Waals surface area (Å²) in [5.74, 6) is 0.753. The molecule has 1 heterocycles. The van der Waals surface area contributed by atoms with Crippen LogP contribution in [0.3, 0.4) is 0 Å². The molecular weight excluding hydrogens is 340 g/mol. The Bertz CT molecular complexity index is 968. The van der Waals surface area contributed by atoms with Crippen molar-refractivity contribution in [1.82, 2.24) is 4.98 Å². The lowest BCUT2D eigenvalue weighted by Crippen LogP contribution is -2.04. The van der Waals surface area contributed by atoms with E-state index in [1.807, 2.05) is 32.1 Å². The van der Waals surface area contributed by atoms with Crippen molar-refractivity contribution in [3.63, 3.8) is 0 Å². The Morgan fingerprint density at radius 3 is 2.36 bits per heavy atom. The van der Waals surface area contributed by atoms with Gasteiger partial charge in [0.1, 0.15) is 0 Å². The molecule has 0 atom stereocenters. The van der Waals surface area contributed by atoms with Crippen LogP contribution in [0.25, 0.3) is 0 Å². The molecule has 0 radical (unpaired) electrons. The van der Waals surface area contributed by atoms with Crippen molar-refractivity contribution in [2.45, 2.75) is 41.5 Å². The Hall–Kier alpha value is -3.00.